The molecule has 3 amide bonds. The number of amides is 3. The van der Waals surface area contributed by atoms with E-state index in [1.165, 1.54) is 102 Å². The zero-order valence-electron chi connectivity index (χ0n) is 21.9. The van der Waals surface area contributed by atoms with E-state index in [2.05, 4.69) is 23.1 Å². The number of carbonyl (C=O) groups excluding carboxylic acids is 2. The first-order chi connectivity index (χ1) is 17.1. The Kier molecular flexibility index (Phi) is 20.1. The number of benzene rings is 1. The molecule has 200 valence electrons. The Bertz CT molecular complexity index is 655. The van der Waals surface area contributed by atoms with Gasteiger partial charge in [-0.05, 0) is 30.7 Å². The van der Waals surface area contributed by atoms with Crippen molar-refractivity contribution in [2.45, 2.75) is 121 Å². The lowest BCUT2D eigenvalue weighted by molar-refractivity contribution is -0.121. The van der Waals surface area contributed by atoms with Crippen molar-refractivity contribution >= 4 is 23.7 Å². The first-order valence-electron chi connectivity index (χ1n) is 13.9. The second kappa shape index (κ2) is 22.6. The second-order valence-electron chi connectivity index (χ2n) is 9.32. The van der Waals surface area contributed by atoms with Crippen molar-refractivity contribution in [2.75, 3.05) is 12.3 Å². The lowest BCUT2D eigenvalue weighted by Crippen LogP contribution is -2.47. The van der Waals surface area contributed by atoms with Gasteiger partial charge in [-0.15, -0.1) is 11.8 Å². The molecule has 1 rings (SSSR count). The van der Waals surface area contributed by atoms with Gasteiger partial charge in [0.05, 0.1) is 0 Å². The normalized spacial score (nSPS) is 10.8. The summed E-state index contributed by atoms with van der Waals surface area (Å²) in [6, 6.07) is 6.48. The zero-order valence-corrected chi connectivity index (χ0v) is 22.7. The van der Waals surface area contributed by atoms with Crippen LogP contribution < -0.4 is 16.2 Å². The highest BCUT2D eigenvalue weighted by Gasteiger charge is 2.05. The highest BCUT2D eigenvalue weighted by Crippen LogP contribution is 2.21. The minimum Gasteiger partial charge on any atom is -0.508 e. The first-order valence-corrected chi connectivity index (χ1v) is 14.8. The molecular formula is C28H49N3O3S. The number of aromatic hydroxyl groups is 1. The third-order valence-corrected chi connectivity index (χ3v) is 7.08. The van der Waals surface area contributed by atoms with Crippen LogP contribution in [0.25, 0.3) is 0 Å². The van der Waals surface area contributed by atoms with Crippen molar-refractivity contribution in [2.24, 2.45) is 0 Å². The average Bonchev–Trinajstić information content (AvgIpc) is 2.86. The highest BCUT2D eigenvalue weighted by molar-refractivity contribution is 7.99. The van der Waals surface area contributed by atoms with Crippen LogP contribution >= 0.6 is 11.8 Å². The third-order valence-electron chi connectivity index (χ3n) is 6.07. The fourth-order valence-corrected chi connectivity index (χ4v) is 4.76. The molecule has 0 fully saturated rings. The Hall–Kier alpha value is -1.89. The monoisotopic (exact) mass is 507 g/mol. The summed E-state index contributed by atoms with van der Waals surface area (Å²) in [7, 11) is 0. The van der Waals surface area contributed by atoms with Crippen LogP contribution in [0.1, 0.15) is 116 Å². The van der Waals surface area contributed by atoms with Gasteiger partial charge < -0.3 is 10.4 Å². The summed E-state index contributed by atoms with van der Waals surface area (Å²) >= 11 is 1.53. The molecule has 0 bridgehead atoms. The van der Waals surface area contributed by atoms with Gasteiger partial charge in [-0.25, -0.2) is 10.2 Å². The van der Waals surface area contributed by atoms with Crippen LogP contribution in [-0.2, 0) is 4.79 Å². The Morgan fingerprint density at radius 1 is 0.714 bits per heavy atom. The van der Waals surface area contributed by atoms with E-state index in [-0.39, 0.29) is 17.7 Å². The van der Waals surface area contributed by atoms with Crippen molar-refractivity contribution in [3.8, 4) is 5.75 Å². The molecule has 0 aliphatic carbocycles. The average molecular weight is 508 g/mol. The molecule has 6 nitrogen and oxygen atoms in total. The summed E-state index contributed by atoms with van der Waals surface area (Å²) in [6.07, 6.45) is 21.6. The van der Waals surface area contributed by atoms with E-state index >= 15 is 0 Å². The maximum Gasteiger partial charge on any atom is 0.333 e. The molecule has 1 aromatic carbocycles. The number of rotatable bonds is 21. The summed E-state index contributed by atoms with van der Waals surface area (Å²) in [5.41, 5.74) is 4.83. The van der Waals surface area contributed by atoms with Crippen LogP contribution in [0.5, 0.6) is 5.75 Å². The van der Waals surface area contributed by atoms with E-state index in [0.717, 1.165) is 17.7 Å². The Morgan fingerprint density at radius 2 is 1.20 bits per heavy atom. The standard InChI is InChI=1S/C28H49N3O3S/c1-2-3-4-5-6-7-8-9-10-11-12-13-14-15-16-17-23-29-28(34)31-30-27(33)22-24-35-26-20-18-25(32)19-21-26/h18-21,32H,2-17,22-24H2,1H3,(H,30,33)(H2,29,31,34). The maximum absolute atomic E-state index is 11.8. The molecule has 35 heavy (non-hydrogen) atoms. The van der Waals surface area contributed by atoms with Gasteiger partial charge in [0.1, 0.15) is 5.75 Å². The van der Waals surface area contributed by atoms with Gasteiger partial charge in [0.25, 0.3) is 0 Å². The molecule has 7 heteroatoms. The minimum absolute atomic E-state index is 0.224. The molecule has 0 aliphatic heterocycles. The van der Waals surface area contributed by atoms with E-state index in [1.54, 1.807) is 12.1 Å². The van der Waals surface area contributed by atoms with Crippen LogP contribution in [0.3, 0.4) is 0 Å². The van der Waals surface area contributed by atoms with Crippen molar-refractivity contribution < 1.29 is 14.7 Å². The predicted molar refractivity (Wildman–Crippen MR) is 148 cm³/mol. The Balaban J connectivity index is 1.80. The number of thioether (sulfide) groups is 1. The minimum atomic E-state index is -0.370. The molecule has 0 unspecified atom stereocenters. The van der Waals surface area contributed by atoms with Gasteiger partial charge in [0.2, 0.25) is 5.91 Å². The van der Waals surface area contributed by atoms with Gasteiger partial charge in [0, 0.05) is 23.6 Å². The summed E-state index contributed by atoms with van der Waals surface area (Å²) in [6.45, 7) is 2.89. The lowest BCUT2D eigenvalue weighted by atomic mass is 10.0. The van der Waals surface area contributed by atoms with Gasteiger partial charge in [-0.3, -0.25) is 10.2 Å². The second-order valence-corrected chi connectivity index (χ2v) is 10.5. The van der Waals surface area contributed by atoms with Gasteiger partial charge in [-0.2, -0.15) is 0 Å². The number of carbonyl (C=O) groups is 2. The number of hydrogen-bond donors (Lipinski definition) is 4. The number of hydrazine groups is 1. The van der Waals surface area contributed by atoms with Crippen LogP contribution in [-0.4, -0.2) is 29.3 Å². The summed E-state index contributed by atoms with van der Waals surface area (Å²) in [4.78, 5) is 24.6. The molecule has 1 aromatic rings. The molecule has 4 N–H and O–H groups in total. The predicted octanol–water partition coefficient (Wildman–Crippen LogP) is 7.47. The van der Waals surface area contributed by atoms with Crippen LogP contribution in [0.15, 0.2) is 29.2 Å². The highest BCUT2D eigenvalue weighted by atomic mass is 32.2. The quantitative estimate of drug-likeness (QED) is 0.0789. The molecule has 0 heterocycles. The third kappa shape index (κ3) is 20.0. The van der Waals surface area contributed by atoms with E-state index in [0.29, 0.717) is 18.7 Å². The smallest absolute Gasteiger partial charge is 0.333 e. The van der Waals surface area contributed by atoms with E-state index < -0.39 is 0 Å². The van der Waals surface area contributed by atoms with Crippen molar-refractivity contribution in [1.82, 2.24) is 16.2 Å². The Labute approximate surface area is 217 Å². The molecule has 0 saturated carbocycles. The SMILES string of the molecule is CCCCCCCCCCCCCCCCCCNC(=O)NNC(=O)CCSc1ccc(O)cc1. The van der Waals surface area contributed by atoms with Crippen molar-refractivity contribution in [3.63, 3.8) is 0 Å². The van der Waals surface area contributed by atoms with E-state index in [1.807, 2.05) is 12.1 Å². The van der Waals surface area contributed by atoms with Crippen molar-refractivity contribution in [3.05, 3.63) is 24.3 Å². The lowest BCUT2D eigenvalue weighted by Gasteiger charge is -2.09. The number of urea groups is 1. The zero-order chi connectivity index (χ0) is 25.4. The van der Waals surface area contributed by atoms with Crippen molar-refractivity contribution in [1.29, 1.82) is 0 Å². The molecule has 0 atom stereocenters. The van der Waals surface area contributed by atoms with Crippen LogP contribution in [0.2, 0.25) is 0 Å². The molecule has 0 radical (unpaired) electrons. The molecule has 0 aliphatic rings. The van der Waals surface area contributed by atoms with E-state index in [4.69, 9.17) is 0 Å². The number of phenols is 1. The Morgan fingerprint density at radius 3 is 1.71 bits per heavy atom. The van der Waals surface area contributed by atoms with Crippen LogP contribution in [0.4, 0.5) is 4.79 Å². The number of unbranched alkanes of at least 4 members (excludes halogenated alkanes) is 15. The summed E-state index contributed by atoms with van der Waals surface area (Å²) < 4.78 is 0. The molecular weight excluding hydrogens is 458 g/mol. The van der Waals surface area contributed by atoms with Gasteiger partial charge >= 0.3 is 6.03 Å². The molecule has 0 aromatic heterocycles. The van der Waals surface area contributed by atoms with E-state index in [9.17, 15) is 14.7 Å². The summed E-state index contributed by atoms with van der Waals surface area (Å²) in [5.74, 6) is 0.592. The van der Waals surface area contributed by atoms with Crippen LogP contribution in [0, 0.1) is 0 Å². The number of phenolic OH excluding ortho intramolecular Hbond substituents is 1. The van der Waals surface area contributed by atoms with Gasteiger partial charge in [-0.1, -0.05) is 103 Å². The first kappa shape index (κ1) is 31.1. The fourth-order valence-electron chi connectivity index (χ4n) is 3.91. The summed E-state index contributed by atoms with van der Waals surface area (Å²) in [5, 5.41) is 12.0. The largest absolute Gasteiger partial charge is 0.508 e. The fraction of sp³-hybridized carbons (Fsp3) is 0.714. The number of hydrogen-bond acceptors (Lipinski definition) is 4. The maximum atomic E-state index is 11.8. The van der Waals surface area contributed by atoms with Gasteiger partial charge in [0.15, 0.2) is 0 Å². The molecule has 0 spiro atoms. The molecule has 0 saturated heterocycles. The number of nitrogens with one attached hydrogen (secondary N) is 3. The topological polar surface area (TPSA) is 90.5 Å².